The molecule has 1 aliphatic rings. The molecule has 1 saturated heterocycles. The van der Waals surface area contributed by atoms with Gasteiger partial charge in [0.05, 0.1) is 23.9 Å². The van der Waals surface area contributed by atoms with Crippen LogP contribution in [-0.2, 0) is 0 Å². The van der Waals surface area contributed by atoms with Gasteiger partial charge in [0.1, 0.15) is 0 Å². The molecule has 3 rings (SSSR count). The minimum absolute atomic E-state index is 0.645. The Kier molecular flexibility index (Phi) is 2.81. The van der Waals surface area contributed by atoms with E-state index in [4.69, 9.17) is 10.5 Å². The van der Waals surface area contributed by atoms with Crippen LogP contribution >= 0.6 is 0 Å². The molecule has 0 unspecified atom stereocenters. The van der Waals surface area contributed by atoms with Gasteiger partial charge in [-0.2, -0.15) is 5.26 Å². The molecule has 0 radical (unpaired) electrons. The fraction of sp³-hybridized carbons (Fsp3) is 0.200. The highest BCUT2D eigenvalue weighted by Gasteiger charge is 2.20. The van der Waals surface area contributed by atoms with Crippen LogP contribution in [0.3, 0.4) is 0 Å². The van der Waals surface area contributed by atoms with Crippen molar-refractivity contribution in [3.8, 4) is 6.07 Å². The molecule has 4 heteroatoms. The van der Waals surface area contributed by atoms with E-state index in [1.54, 1.807) is 0 Å². The summed E-state index contributed by atoms with van der Waals surface area (Å²) in [4.78, 5) is 2.18. The molecule has 1 aliphatic heterocycles. The van der Waals surface area contributed by atoms with E-state index in [0.29, 0.717) is 12.1 Å². The van der Waals surface area contributed by atoms with E-state index in [-0.39, 0.29) is 0 Å². The second-order valence-corrected chi connectivity index (χ2v) is 4.63. The Labute approximate surface area is 111 Å². The lowest BCUT2D eigenvalue weighted by Gasteiger charge is -2.19. The predicted octanol–water partition coefficient (Wildman–Crippen LogP) is 2.75. The number of hydrogen-bond donors (Lipinski definition) is 1. The summed E-state index contributed by atoms with van der Waals surface area (Å²) in [7, 11) is 0. The molecule has 0 atom stereocenters. The number of nitriles is 1. The molecule has 0 spiro atoms. The molecule has 1 fully saturated rings. The predicted molar refractivity (Wildman–Crippen MR) is 74.7 cm³/mol. The molecule has 0 saturated carbocycles. The molecule has 0 aromatic heterocycles. The summed E-state index contributed by atoms with van der Waals surface area (Å²) in [6, 6.07) is 14.0. The van der Waals surface area contributed by atoms with Crippen LogP contribution in [0.15, 0.2) is 41.6 Å². The molecule has 4 nitrogen and oxygen atoms in total. The first-order valence-electron chi connectivity index (χ1n) is 6.20. The maximum atomic E-state index is 9.16. The van der Waals surface area contributed by atoms with Gasteiger partial charge in [0.25, 0.3) is 0 Å². The minimum atomic E-state index is 0.645. The van der Waals surface area contributed by atoms with E-state index in [2.05, 4.69) is 16.1 Å². The van der Waals surface area contributed by atoms with Crippen molar-refractivity contribution in [2.45, 2.75) is 6.42 Å². The Balaban J connectivity index is 2.13. The molecule has 1 N–H and O–H groups in total. The number of fused-ring (bicyclic) bond motifs is 1. The van der Waals surface area contributed by atoms with Gasteiger partial charge in [-0.25, -0.2) is 0 Å². The first-order chi connectivity index (χ1) is 9.33. The summed E-state index contributed by atoms with van der Waals surface area (Å²) >= 11 is 0. The lowest BCUT2D eigenvalue weighted by Crippen LogP contribution is -2.19. The van der Waals surface area contributed by atoms with Gasteiger partial charge in [0.15, 0.2) is 0 Å². The number of benzene rings is 2. The normalized spacial score (nSPS) is 17.0. The van der Waals surface area contributed by atoms with Gasteiger partial charge in [0, 0.05) is 29.4 Å². The SMILES string of the molecule is N#Cc1ccc(N2CC/C(=N/O)C2)c2ccccc12. The second-order valence-electron chi connectivity index (χ2n) is 4.63. The average Bonchev–Trinajstić information content (AvgIpc) is 2.95. The summed E-state index contributed by atoms with van der Waals surface area (Å²) in [6.07, 6.45) is 0.783. The number of anilines is 1. The van der Waals surface area contributed by atoms with Crippen LogP contribution in [0.25, 0.3) is 10.8 Å². The monoisotopic (exact) mass is 251 g/mol. The van der Waals surface area contributed by atoms with Gasteiger partial charge in [-0.05, 0) is 12.1 Å². The third kappa shape index (κ3) is 1.89. The standard InChI is InChI=1S/C15H13N3O/c16-9-11-5-6-15(14-4-2-1-3-13(11)14)18-8-7-12(10-18)17-19/h1-6,19H,7-8,10H2/b17-12-. The highest BCUT2D eigenvalue weighted by atomic mass is 16.4. The van der Waals surface area contributed by atoms with Crippen LogP contribution in [-0.4, -0.2) is 24.0 Å². The number of nitrogens with zero attached hydrogens (tertiary/aromatic N) is 3. The van der Waals surface area contributed by atoms with Gasteiger partial charge in [-0.1, -0.05) is 29.4 Å². The molecule has 2 aromatic carbocycles. The van der Waals surface area contributed by atoms with Crippen molar-refractivity contribution in [2.75, 3.05) is 18.0 Å². The van der Waals surface area contributed by atoms with Gasteiger partial charge in [-0.15, -0.1) is 0 Å². The molecular weight excluding hydrogens is 238 g/mol. The Morgan fingerprint density at radius 1 is 1.16 bits per heavy atom. The smallest absolute Gasteiger partial charge is 0.0998 e. The van der Waals surface area contributed by atoms with Gasteiger partial charge < -0.3 is 10.1 Å². The van der Waals surface area contributed by atoms with E-state index in [1.807, 2.05) is 36.4 Å². The second kappa shape index (κ2) is 4.62. The van der Waals surface area contributed by atoms with Crippen molar-refractivity contribution in [3.63, 3.8) is 0 Å². The van der Waals surface area contributed by atoms with Crippen molar-refractivity contribution in [3.05, 3.63) is 42.0 Å². The van der Waals surface area contributed by atoms with Crippen LogP contribution in [0.1, 0.15) is 12.0 Å². The van der Waals surface area contributed by atoms with Crippen molar-refractivity contribution < 1.29 is 5.21 Å². The Morgan fingerprint density at radius 2 is 1.95 bits per heavy atom. The number of hydrogen-bond acceptors (Lipinski definition) is 4. The summed E-state index contributed by atoms with van der Waals surface area (Å²) in [6.45, 7) is 1.49. The molecule has 1 heterocycles. The van der Waals surface area contributed by atoms with Crippen LogP contribution in [0.2, 0.25) is 0 Å². The molecule has 0 bridgehead atoms. The highest BCUT2D eigenvalue weighted by molar-refractivity contribution is 6.00. The summed E-state index contributed by atoms with van der Waals surface area (Å²) in [5, 5.41) is 23.3. The van der Waals surface area contributed by atoms with Crippen LogP contribution in [0.5, 0.6) is 0 Å². The first kappa shape index (κ1) is 11.5. The van der Waals surface area contributed by atoms with Crippen LogP contribution in [0, 0.1) is 11.3 Å². The highest BCUT2D eigenvalue weighted by Crippen LogP contribution is 2.30. The van der Waals surface area contributed by atoms with E-state index in [0.717, 1.165) is 35.1 Å². The number of oxime groups is 1. The van der Waals surface area contributed by atoms with Crippen LogP contribution in [0.4, 0.5) is 5.69 Å². The van der Waals surface area contributed by atoms with Gasteiger partial charge in [-0.3, -0.25) is 0 Å². The Morgan fingerprint density at radius 3 is 2.63 bits per heavy atom. The minimum Gasteiger partial charge on any atom is -0.411 e. The lowest BCUT2D eigenvalue weighted by molar-refractivity contribution is 0.318. The van der Waals surface area contributed by atoms with Crippen molar-refractivity contribution in [1.29, 1.82) is 5.26 Å². The van der Waals surface area contributed by atoms with Crippen molar-refractivity contribution in [1.82, 2.24) is 0 Å². The lowest BCUT2D eigenvalue weighted by atomic mass is 10.0. The quantitative estimate of drug-likeness (QED) is 0.626. The maximum absolute atomic E-state index is 9.16. The van der Waals surface area contributed by atoms with Crippen molar-refractivity contribution in [2.24, 2.45) is 5.16 Å². The summed E-state index contributed by atoms with van der Waals surface area (Å²) in [5.74, 6) is 0. The Bertz CT molecular complexity index is 700. The van der Waals surface area contributed by atoms with Gasteiger partial charge in [0.2, 0.25) is 0 Å². The zero-order chi connectivity index (χ0) is 13.2. The number of rotatable bonds is 1. The third-order valence-corrected chi connectivity index (χ3v) is 3.55. The molecule has 0 amide bonds. The van der Waals surface area contributed by atoms with E-state index >= 15 is 0 Å². The zero-order valence-electron chi connectivity index (χ0n) is 10.4. The summed E-state index contributed by atoms with van der Waals surface area (Å²) in [5.41, 5.74) is 2.58. The van der Waals surface area contributed by atoms with E-state index < -0.39 is 0 Å². The van der Waals surface area contributed by atoms with E-state index in [1.165, 1.54) is 0 Å². The molecule has 2 aromatic rings. The molecule has 19 heavy (non-hydrogen) atoms. The Hall–Kier alpha value is -2.54. The average molecular weight is 251 g/mol. The fourth-order valence-electron chi connectivity index (χ4n) is 2.59. The van der Waals surface area contributed by atoms with E-state index in [9.17, 15) is 0 Å². The third-order valence-electron chi connectivity index (χ3n) is 3.55. The van der Waals surface area contributed by atoms with Gasteiger partial charge >= 0.3 is 0 Å². The molecule has 94 valence electrons. The topological polar surface area (TPSA) is 59.6 Å². The molecular formula is C15H13N3O. The first-order valence-corrected chi connectivity index (χ1v) is 6.20. The largest absolute Gasteiger partial charge is 0.411 e. The zero-order valence-corrected chi connectivity index (χ0v) is 10.4. The maximum Gasteiger partial charge on any atom is 0.0998 e. The molecule has 0 aliphatic carbocycles. The fourth-order valence-corrected chi connectivity index (χ4v) is 2.59. The van der Waals surface area contributed by atoms with Crippen LogP contribution < -0.4 is 4.90 Å². The van der Waals surface area contributed by atoms with Crippen molar-refractivity contribution >= 4 is 22.2 Å². The summed E-state index contributed by atoms with van der Waals surface area (Å²) < 4.78 is 0.